The van der Waals surface area contributed by atoms with Gasteiger partial charge in [-0.2, -0.15) is 22.5 Å². The van der Waals surface area contributed by atoms with Crippen LogP contribution in [0.5, 0.6) is 0 Å². The van der Waals surface area contributed by atoms with E-state index in [2.05, 4.69) is 4.98 Å². The molecule has 0 fully saturated rings. The summed E-state index contributed by atoms with van der Waals surface area (Å²) in [6.07, 6.45) is 0. The van der Waals surface area contributed by atoms with Gasteiger partial charge in [0.25, 0.3) is 11.9 Å². The Morgan fingerprint density at radius 3 is 2.05 bits per heavy atom. The average Bonchev–Trinajstić information content (AvgIpc) is 2.39. The summed E-state index contributed by atoms with van der Waals surface area (Å²) >= 11 is 0. The van der Waals surface area contributed by atoms with Crippen molar-refractivity contribution in [3.05, 3.63) is 59.2 Å². The summed E-state index contributed by atoms with van der Waals surface area (Å²) in [6, 6.07) is 5.55. The Hall–Kier alpha value is -2.18. The van der Waals surface area contributed by atoms with Crippen LogP contribution in [-0.4, -0.2) is 12.0 Å². The molecule has 0 spiro atoms. The predicted octanol–water partition coefficient (Wildman–Crippen LogP) is 3.41. The second-order valence-corrected chi connectivity index (χ2v) is 4.12. The van der Waals surface area contributed by atoms with Crippen molar-refractivity contribution in [1.82, 2.24) is 4.98 Å². The first kappa shape index (κ1) is 14.2. The van der Waals surface area contributed by atoms with Crippen LogP contribution in [0.15, 0.2) is 24.3 Å². The zero-order valence-corrected chi connectivity index (χ0v) is 10.3. The number of nitrogens with zero attached hydrogens (tertiary/aromatic N) is 2. The molecule has 0 saturated heterocycles. The summed E-state index contributed by atoms with van der Waals surface area (Å²) in [5, 5.41) is 0. The standard InChI is InChI=1S/C13H9F5N2/c1-20(6-7-4-2-3-5-8(7)14)11-9(15)12(17)19-13(18)10(11)16/h2-5H,6H2,1H3. The lowest BCUT2D eigenvalue weighted by atomic mass is 10.2. The summed E-state index contributed by atoms with van der Waals surface area (Å²) in [6.45, 7) is -0.261. The molecule has 2 rings (SSSR count). The van der Waals surface area contributed by atoms with Gasteiger partial charge in [0.1, 0.15) is 11.5 Å². The van der Waals surface area contributed by atoms with Gasteiger partial charge in [-0.3, -0.25) is 0 Å². The van der Waals surface area contributed by atoms with E-state index in [0.717, 1.165) is 4.90 Å². The molecule has 0 aliphatic heterocycles. The Morgan fingerprint density at radius 1 is 0.950 bits per heavy atom. The molecule has 0 aliphatic rings. The number of pyridine rings is 1. The highest BCUT2D eigenvalue weighted by Gasteiger charge is 2.24. The second kappa shape index (κ2) is 5.44. The van der Waals surface area contributed by atoms with Crippen molar-refractivity contribution >= 4 is 5.69 Å². The van der Waals surface area contributed by atoms with E-state index in [1.54, 1.807) is 0 Å². The van der Waals surface area contributed by atoms with Crippen LogP contribution in [0, 0.1) is 29.3 Å². The molecule has 106 valence electrons. The molecule has 2 nitrogen and oxygen atoms in total. The lowest BCUT2D eigenvalue weighted by Crippen LogP contribution is -2.22. The molecule has 1 aromatic heterocycles. The largest absolute Gasteiger partial charge is 0.365 e. The third kappa shape index (κ3) is 2.56. The summed E-state index contributed by atoms with van der Waals surface area (Å²) in [4.78, 5) is 3.33. The van der Waals surface area contributed by atoms with Gasteiger partial charge in [0.05, 0.1) is 0 Å². The second-order valence-electron chi connectivity index (χ2n) is 4.12. The molecule has 0 atom stereocenters. The maximum Gasteiger partial charge on any atom is 0.253 e. The van der Waals surface area contributed by atoms with Gasteiger partial charge in [0.2, 0.25) is 11.6 Å². The topological polar surface area (TPSA) is 16.1 Å². The van der Waals surface area contributed by atoms with E-state index in [1.165, 1.54) is 31.3 Å². The van der Waals surface area contributed by atoms with E-state index in [0.29, 0.717) is 0 Å². The zero-order chi connectivity index (χ0) is 14.9. The third-order valence-corrected chi connectivity index (χ3v) is 2.72. The molecule has 0 radical (unpaired) electrons. The van der Waals surface area contributed by atoms with Gasteiger partial charge in [0, 0.05) is 19.2 Å². The lowest BCUT2D eigenvalue weighted by molar-refractivity contribution is 0.406. The fourth-order valence-corrected chi connectivity index (χ4v) is 1.77. The summed E-state index contributed by atoms with van der Waals surface area (Å²) in [7, 11) is 1.19. The van der Waals surface area contributed by atoms with E-state index in [9.17, 15) is 22.0 Å². The van der Waals surface area contributed by atoms with Crippen molar-refractivity contribution in [2.45, 2.75) is 6.54 Å². The van der Waals surface area contributed by atoms with E-state index >= 15 is 0 Å². The average molecular weight is 288 g/mol. The molecule has 1 aromatic carbocycles. The molecule has 0 saturated carbocycles. The zero-order valence-electron chi connectivity index (χ0n) is 10.3. The highest BCUT2D eigenvalue weighted by atomic mass is 19.2. The summed E-state index contributed by atoms with van der Waals surface area (Å²) in [5.74, 6) is -7.33. The van der Waals surface area contributed by atoms with Crippen molar-refractivity contribution < 1.29 is 22.0 Å². The first-order chi connectivity index (χ1) is 9.41. The number of anilines is 1. The molecular formula is C13H9F5N2. The van der Waals surface area contributed by atoms with E-state index in [-0.39, 0.29) is 12.1 Å². The van der Waals surface area contributed by atoms with Crippen LogP contribution in [-0.2, 0) is 6.54 Å². The minimum Gasteiger partial charge on any atom is -0.365 e. The van der Waals surface area contributed by atoms with Gasteiger partial charge < -0.3 is 4.90 Å². The maximum absolute atomic E-state index is 13.5. The summed E-state index contributed by atoms with van der Waals surface area (Å²) < 4.78 is 66.5. The van der Waals surface area contributed by atoms with E-state index in [1.807, 2.05) is 0 Å². The van der Waals surface area contributed by atoms with Crippen LogP contribution in [0.1, 0.15) is 5.56 Å². The monoisotopic (exact) mass is 288 g/mol. The van der Waals surface area contributed by atoms with Crippen LogP contribution in [0.3, 0.4) is 0 Å². The van der Waals surface area contributed by atoms with Crippen LogP contribution in [0.4, 0.5) is 27.6 Å². The lowest BCUT2D eigenvalue weighted by Gasteiger charge is -2.20. The van der Waals surface area contributed by atoms with Crippen molar-refractivity contribution in [3.63, 3.8) is 0 Å². The molecule has 0 N–H and O–H groups in total. The molecule has 7 heteroatoms. The van der Waals surface area contributed by atoms with Gasteiger partial charge in [-0.25, -0.2) is 4.39 Å². The Balaban J connectivity index is 2.40. The normalized spacial score (nSPS) is 10.7. The minimum atomic E-state index is -1.75. The molecule has 20 heavy (non-hydrogen) atoms. The molecule has 0 amide bonds. The van der Waals surface area contributed by atoms with Crippen molar-refractivity contribution in [2.75, 3.05) is 11.9 Å². The number of halogens is 5. The SMILES string of the molecule is CN(Cc1ccccc1F)c1c(F)c(F)nc(F)c1F. The fourth-order valence-electron chi connectivity index (χ4n) is 1.77. The van der Waals surface area contributed by atoms with Crippen molar-refractivity contribution in [2.24, 2.45) is 0 Å². The van der Waals surface area contributed by atoms with Gasteiger partial charge in [-0.1, -0.05) is 18.2 Å². The summed E-state index contributed by atoms with van der Waals surface area (Å²) in [5.41, 5.74) is -0.801. The molecule has 0 unspecified atom stereocenters. The number of aromatic nitrogens is 1. The van der Waals surface area contributed by atoms with E-state index < -0.39 is 35.0 Å². The van der Waals surface area contributed by atoms with Gasteiger partial charge in [-0.15, -0.1) is 0 Å². The molecule has 0 aliphatic carbocycles. The quantitative estimate of drug-likeness (QED) is 0.635. The number of rotatable bonds is 3. The molecule has 1 heterocycles. The van der Waals surface area contributed by atoms with Gasteiger partial charge in [0.15, 0.2) is 0 Å². The van der Waals surface area contributed by atoms with Crippen LogP contribution >= 0.6 is 0 Å². The Kier molecular flexibility index (Phi) is 3.87. The van der Waals surface area contributed by atoms with Crippen molar-refractivity contribution in [1.29, 1.82) is 0 Å². The smallest absolute Gasteiger partial charge is 0.253 e. The third-order valence-electron chi connectivity index (χ3n) is 2.72. The van der Waals surface area contributed by atoms with E-state index in [4.69, 9.17) is 0 Å². The Bertz CT molecular complexity index is 619. The molecule has 0 bridgehead atoms. The Labute approximate surface area is 111 Å². The first-order valence-electron chi connectivity index (χ1n) is 5.56. The highest BCUT2D eigenvalue weighted by Crippen LogP contribution is 2.26. The van der Waals surface area contributed by atoms with Crippen LogP contribution in [0.25, 0.3) is 0 Å². The van der Waals surface area contributed by atoms with Gasteiger partial charge >= 0.3 is 0 Å². The molecular weight excluding hydrogens is 279 g/mol. The van der Waals surface area contributed by atoms with Gasteiger partial charge in [-0.05, 0) is 6.07 Å². The number of benzene rings is 1. The first-order valence-corrected chi connectivity index (χ1v) is 5.56. The van der Waals surface area contributed by atoms with Crippen LogP contribution in [0.2, 0.25) is 0 Å². The Morgan fingerprint density at radius 2 is 1.50 bits per heavy atom. The fraction of sp³-hybridized carbons (Fsp3) is 0.154. The number of hydrogen-bond donors (Lipinski definition) is 0. The van der Waals surface area contributed by atoms with Crippen molar-refractivity contribution in [3.8, 4) is 0 Å². The molecule has 2 aromatic rings. The predicted molar refractivity (Wildman–Crippen MR) is 62.6 cm³/mol. The highest BCUT2D eigenvalue weighted by molar-refractivity contribution is 5.48. The van der Waals surface area contributed by atoms with Crippen LogP contribution < -0.4 is 4.90 Å². The maximum atomic E-state index is 13.5. The minimum absolute atomic E-state index is 0.131. The number of hydrogen-bond acceptors (Lipinski definition) is 2.